The highest BCUT2D eigenvalue weighted by Gasteiger charge is 2.16. The van der Waals surface area contributed by atoms with E-state index in [2.05, 4.69) is 0 Å². The molecule has 11 heavy (non-hydrogen) atoms. The second-order valence-electron chi connectivity index (χ2n) is 2.21. The number of alkyl halides is 1. The summed E-state index contributed by atoms with van der Waals surface area (Å²) in [6, 6.07) is 0. The topological polar surface area (TPSA) is 46.4 Å². The highest BCUT2D eigenvalue weighted by Crippen LogP contribution is 2.14. The Kier molecular flexibility index (Phi) is 2.14. The fourth-order valence-electron chi connectivity index (χ4n) is 0.745. The zero-order valence-electron chi connectivity index (χ0n) is 5.90. The van der Waals surface area contributed by atoms with E-state index < -0.39 is 4.92 Å². The monoisotopic (exact) mass is 174 g/mol. The predicted molar refractivity (Wildman–Crippen MR) is 41.6 cm³/mol. The number of likely N-dealkylation sites (N-methyl/N-ethyl adjacent to an activating group) is 1. The lowest BCUT2D eigenvalue weighted by Gasteiger charge is -2.19. The maximum absolute atomic E-state index is 10.2. The number of allylic oxidation sites excluding steroid dienone is 1. The van der Waals surface area contributed by atoms with Crippen molar-refractivity contribution >= 4 is 11.6 Å². The van der Waals surface area contributed by atoms with Gasteiger partial charge < -0.3 is 4.90 Å². The Morgan fingerprint density at radius 1 is 1.82 bits per heavy atom. The van der Waals surface area contributed by atoms with E-state index >= 15 is 0 Å². The van der Waals surface area contributed by atoms with Crippen LogP contribution in [-0.2, 0) is 0 Å². The Morgan fingerprint density at radius 3 is 2.91 bits per heavy atom. The lowest BCUT2D eigenvalue weighted by atomic mass is 10.3. The van der Waals surface area contributed by atoms with Crippen LogP contribution in [0.5, 0.6) is 0 Å². The molecule has 0 fully saturated rings. The highest BCUT2D eigenvalue weighted by molar-refractivity contribution is 6.21. The molecule has 1 unspecified atom stereocenters. The molecule has 1 aliphatic rings. The van der Waals surface area contributed by atoms with Crippen molar-refractivity contribution in [3.63, 3.8) is 0 Å². The normalized spacial score (nSPS) is 23.3. The second kappa shape index (κ2) is 2.92. The van der Waals surface area contributed by atoms with Gasteiger partial charge in [-0.2, -0.15) is 0 Å². The van der Waals surface area contributed by atoms with Gasteiger partial charge in [0.1, 0.15) is 5.50 Å². The largest absolute Gasteiger partial charge is 0.355 e. The van der Waals surface area contributed by atoms with Gasteiger partial charge in [0.2, 0.25) is 0 Å². The Balaban J connectivity index is 2.80. The molecule has 1 rings (SSSR count). The van der Waals surface area contributed by atoms with Gasteiger partial charge in [-0.15, -0.1) is 0 Å². The zero-order chi connectivity index (χ0) is 8.43. The summed E-state index contributed by atoms with van der Waals surface area (Å²) in [5.74, 6) is 0. The number of hydrogen-bond acceptors (Lipinski definition) is 3. The molecule has 1 heterocycles. The van der Waals surface area contributed by atoms with E-state index in [9.17, 15) is 10.1 Å². The maximum atomic E-state index is 10.2. The van der Waals surface area contributed by atoms with Crippen LogP contribution in [-0.4, -0.2) is 22.4 Å². The van der Waals surface area contributed by atoms with E-state index in [1.165, 1.54) is 12.3 Å². The summed E-state index contributed by atoms with van der Waals surface area (Å²) in [7, 11) is 1.69. The van der Waals surface area contributed by atoms with Crippen molar-refractivity contribution in [1.29, 1.82) is 0 Å². The molecular weight excluding hydrogens is 168 g/mol. The molecule has 1 atom stereocenters. The van der Waals surface area contributed by atoms with Crippen LogP contribution in [0, 0.1) is 10.1 Å². The summed E-state index contributed by atoms with van der Waals surface area (Å²) in [5, 5.41) is 10.2. The van der Waals surface area contributed by atoms with Crippen LogP contribution in [0.2, 0.25) is 0 Å². The van der Waals surface area contributed by atoms with Gasteiger partial charge in [-0.1, -0.05) is 11.6 Å². The van der Waals surface area contributed by atoms with Gasteiger partial charge in [0.05, 0.1) is 11.1 Å². The number of halogens is 1. The molecule has 0 saturated carbocycles. The molecule has 0 radical (unpaired) electrons. The summed E-state index contributed by atoms with van der Waals surface area (Å²) < 4.78 is 0. The van der Waals surface area contributed by atoms with Crippen molar-refractivity contribution in [2.75, 3.05) is 7.05 Å². The van der Waals surface area contributed by atoms with Crippen LogP contribution in [0.1, 0.15) is 0 Å². The summed E-state index contributed by atoms with van der Waals surface area (Å²) in [6.45, 7) is 0. The van der Waals surface area contributed by atoms with E-state index in [0.29, 0.717) is 0 Å². The highest BCUT2D eigenvalue weighted by atomic mass is 35.5. The third kappa shape index (κ3) is 1.71. The molecule has 0 aromatic carbocycles. The number of nitrogens with zero attached hydrogens (tertiary/aromatic N) is 2. The fourth-order valence-corrected chi connectivity index (χ4v) is 0.874. The minimum Gasteiger partial charge on any atom is -0.355 e. The molecule has 0 aliphatic carbocycles. The van der Waals surface area contributed by atoms with Crippen LogP contribution < -0.4 is 0 Å². The summed E-state index contributed by atoms with van der Waals surface area (Å²) >= 11 is 5.71. The summed E-state index contributed by atoms with van der Waals surface area (Å²) in [4.78, 5) is 11.3. The molecule has 5 heteroatoms. The van der Waals surface area contributed by atoms with E-state index in [1.54, 1.807) is 18.0 Å². The molecule has 0 spiro atoms. The first-order valence-electron chi connectivity index (χ1n) is 3.01. The van der Waals surface area contributed by atoms with Gasteiger partial charge in [-0.3, -0.25) is 10.1 Å². The molecule has 0 amide bonds. The van der Waals surface area contributed by atoms with Gasteiger partial charge in [0.25, 0.3) is 5.70 Å². The van der Waals surface area contributed by atoms with Crippen molar-refractivity contribution in [1.82, 2.24) is 4.90 Å². The third-order valence-electron chi connectivity index (χ3n) is 1.36. The van der Waals surface area contributed by atoms with Crippen molar-refractivity contribution < 1.29 is 4.92 Å². The summed E-state index contributed by atoms with van der Waals surface area (Å²) in [5.41, 5.74) is -0.219. The maximum Gasteiger partial charge on any atom is 0.284 e. The van der Waals surface area contributed by atoms with Gasteiger partial charge in [0, 0.05) is 13.1 Å². The van der Waals surface area contributed by atoms with Crippen molar-refractivity contribution in [2.24, 2.45) is 0 Å². The van der Waals surface area contributed by atoms with Gasteiger partial charge in [-0.25, -0.2) is 0 Å². The standard InChI is InChI=1S/C6H7ClN2O2/c1-8-4-5(9(10)11)2-3-6(8)7/h2-4,6H,1H3. The zero-order valence-corrected chi connectivity index (χ0v) is 6.65. The SMILES string of the molecule is CN1C=C([N+](=O)[O-])C=CC1Cl. The third-order valence-corrected chi connectivity index (χ3v) is 1.81. The fraction of sp³-hybridized carbons (Fsp3) is 0.333. The van der Waals surface area contributed by atoms with Crippen LogP contribution in [0.4, 0.5) is 0 Å². The van der Waals surface area contributed by atoms with Crippen molar-refractivity contribution in [3.05, 3.63) is 34.2 Å². The Hall–Kier alpha value is -1.03. The Labute approximate surface area is 68.9 Å². The first-order chi connectivity index (χ1) is 5.11. The minimum absolute atomic E-state index is 0.0596. The van der Waals surface area contributed by atoms with Gasteiger partial charge >= 0.3 is 0 Å². The number of rotatable bonds is 1. The number of hydrogen-bond donors (Lipinski definition) is 0. The van der Waals surface area contributed by atoms with Crippen LogP contribution in [0.25, 0.3) is 0 Å². The molecule has 0 saturated heterocycles. The Morgan fingerprint density at radius 2 is 2.45 bits per heavy atom. The van der Waals surface area contributed by atoms with Crippen molar-refractivity contribution in [2.45, 2.75) is 5.50 Å². The van der Waals surface area contributed by atoms with Crippen molar-refractivity contribution in [3.8, 4) is 0 Å². The first kappa shape index (κ1) is 8.07. The molecule has 0 aromatic heterocycles. The molecule has 60 valence electrons. The molecular formula is C6H7ClN2O2. The van der Waals surface area contributed by atoms with Crippen LogP contribution in [0.15, 0.2) is 24.0 Å². The lowest BCUT2D eigenvalue weighted by Crippen LogP contribution is -2.23. The van der Waals surface area contributed by atoms with E-state index in [4.69, 9.17) is 11.6 Å². The first-order valence-corrected chi connectivity index (χ1v) is 3.45. The average molecular weight is 175 g/mol. The van der Waals surface area contributed by atoms with E-state index in [1.807, 2.05) is 0 Å². The quantitative estimate of drug-likeness (QED) is 0.260. The predicted octanol–water partition coefficient (Wildman–Crippen LogP) is 1.17. The van der Waals surface area contributed by atoms with Crippen LogP contribution >= 0.6 is 11.6 Å². The number of nitro groups is 1. The van der Waals surface area contributed by atoms with Gasteiger partial charge in [-0.05, 0) is 6.08 Å². The Bertz CT molecular complexity index is 237. The minimum atomic E-state index is -0.449. The molecule has 0 N–H and O–H groups in total. The molecule has 0 aromatic rings. The summed E-state index contributed by atoms with van der Waals surface area (Å²) in [6.07, 6.45) is 4.37. The molecule has 1 aliphatic heterocycles. The van der Waals surface area contributed by atoms with E-state index in [-0.39, 0.29) is 11.2 Å². The molecule has 0 bridgehead atoms. The van der Waals surface area contributed by atoms with Crippen LogP contribution in [0.3, 0.4) is 0 Å². The molecule has 4 nitrogen and oxygen atoms in total. The second-order valence-corrected chi connectivity index (χ2v) is 2.66. The van der Waals surface area contributed by atoms with Gasteiger partial charge in [0.15, 0.2) is 0 Å². The smallest absolute Gasteiger partial charge is 0.284 e. The lowest BCUT2D eigenvalue weighted by molar-refractivity contribution is -0.420. The average Bonchev–Trinajstić information content (AvgIpc) is 1.94. The van der Waals surface area contributed by atoms with E-state index in [0.717, 1.165) is 0 Å².